The first kappa shape index (κ1) is 10.5. The predicted octanol–water partition coefficient (Wildman–Crippen LogP) is 0.458. The fraction of sp³-hybridized carbons (Fsp3) is 0.900. The summed E-state index contributed by atoms with van der Waals surface area (Å²) in [6.45, 7) is 1.60. The van der Waals surface area contributed by atoms with Gasteiger partial charge in [0.05, 0.1) is 6.10 Å². The standard InChI is InChI=1S/C10H18O3/c1-10(9(12)13)7-5-3-2-4-6-8(10)11/h8,11H,2-7H2,1H3,(H,12,13)/p-1/t8-,10+/m0/s1. The van der Waals surface area contributed by atoms with Crippen LogP contribution in [0, 0.1) is 5.41 Å². The molecule has 0 amide bonds. The molecular formula is C10H17O3-. The number of aliphatic hydroxyl groups excluding tert-OH is 1. The van der Waals surface area contributed by atoms with Crippen molar-refractivity contribution in [2.24, 2.45) is 5.41 Å². The Labute approximate surface area is 78.8 Å². The van der Waals surface area contributed by atoms with E-state index in [1.165, 1.54) is 0 Å². The van der Waals surface area contributed by atoms with Crippen LogP contribution in [0.15, 0.2) is 0 Å². The number of carbonyl (C=O) groups excluding carboxylic acids is 1. The highest BCUT2D eigenvalue weighted by atomic mass is 16.4. The Morgan fingerprint density at radius 1 is 1.38 bits per heavy atom. The smallest absolute Gasteiger partial charge is 0.0645 e. The maximum absolute atomic E-state index is 10.9. The summed E-state index contributed by atoms with van der Waals surface area (Å²) < 4.78 is 0. The summed E-state index contributed by atoms with van der Waals surface area (Å²) in [5, 5.41) is 20.6. The molecule has 0 bridgehead atoms. The van der Waals surface area contributed by atoms with Crippen molar-refractivity contribution in [2.45, 2.75) is 51.6 Å². The van der Waals surface area contributed by atoms with E-state index < -0.39 is 17.5 Å². The minimum Gasteiger partial charge on any atom is -0.549 e. The monoisotopic (exact) mass is 185 g/mol. The third-order valence-electron chi connectivity index (χ3n) is 3.13. The average molecular weight is 185 g/mol. The minimum absolute atomic E-state index is 0.538. The molecule has 3 heteroatoms. The zero-order valence-corrected chi connectivity index (χ0v) is 8.08. The van der Waals surface area contributed by atoms with Gasteiger partial charge in [0.1, 0.15) is 0 Å². The molecule has 1 aliphatic carbocycles. The molecule has 0 unspecified atom stereocenters. The summed E-state index contributed by atoms with van der Waals surface area (Å²) in [5.41, 5.74) is -1.03. The van der Waals surface area contributed by atoms with Crippen LogP contribution in [-0.4, -0.2) is 17.2 Å². The minimum atomic E-state index is -1.11. The van der Waals surface area contributed by atoms with Gasteiger partial charge in [0.2, 0.25) is 0 Å². The van der Waals surface area contributed by atoms with Crippen molar-refractivity contribution in [3.8, 4) is 0 Å². The zero-order chi connectivity index (χ0) is 9.90. The number of carboxylic acids is 1. The van der Waals surface area contributed by atoms with Crippen LogP contribution >= 0.6 is 0 Å². The molecule has 1 fully saturated rings. The van der Waals surface area contributed by atoms with Gasteiger partial charge in [-0.25, -0.2) is 0 Å². The largest absolute Gasteiger partial charge is 0.549 e. The number of rotatable bonds is 1. The second-order valence-corrected chi connectivity index (χ2v) is 4.17. The quantitative estimate of drug-likeness (QED) is 0.645. The van der Waals surface area contributed by atoms with E-state index >= 15 is 0 Å². The number of hydrogen-bond donors (Lipinski definition) is 1. The SMILES string of the molecule is C[C@@]1(C(=O)[O-])CCCCCC[C@@H]1O. The molecule has 1 aliphatic rings. The second-order valence-electron chi connectivity index (χ2n) is 4.17. The third-order valence-corrected chi connectivity index (χ3v) is 3.13. The van der Waals surface area contributed by atoms with Crippen molar-refractivity contribution in [3.63, 3.8) is 0 Å². The predicted molar refractivity (Wildman–Crippen MR) is 46.8 cm³/mol. The van der Waals surface area contributed by atoms with Crippen LogP contribution < -0.4 is 5.11 Å². The number of aliphatic hydroxyl groups is 1. The number of aliphatic carboxylic acids is 1. The van der Waals surface area contributed by atoms with Gasteiger partial charge in [-0.1, -0.05) is 32.6 Å². The van der Waals surface area contributed by atoms with Crippen LogP contribution in [0.4, 0.5) is 0 Å². The van der Waals surface area contributed by atoms with E-state index in [0.29, 0.717) is 12.8 Å². The van der Waals surface area contributed by atoms with E-state index in [1.807, 2.05) is 0 Å². The average Bonchev–Trinajstić information content (AvgIpc) is 2.07. The summed E-state index contributed by atoms with van der Waals surface area (Å²) >= 11 is 0. The molecule has 1 saturated carbocycles. The van der Waals surface area contributed by atoms with Gasteiger partial charge in [0, 0.05) is 11.4 Å². The Morgan fingerprint density at radius 2 is 2.00 bits per heavy atom. The van der Waals surface area contributed by atoms with E-state index in [9.17, 15) is 15.0 Å². The maximum Gasteiger partial charge on any atom is 0.0645 e. The van der Waals surface area contributed by atoms with Crippen molar-refractivity contribution < 1.29 is 15.0 Å². The lowest BCUT2D eigenvalue weighted by Gasteiger charge is -2.37. The lowest BCUT2D eigenvalue weighted by Crippen LogP contribution is -2.48. The second kappa shape index (κ2) is 4.09. The van der Waals surface area contributed by atoms with Gasteiger partial charge >= 0.3 is 0 Å². The molecule has 76 valence electrons. The van der Waals surface area contributed by atoms with Gasteiger partial charge < -0.3 is 15.0 Å². The fourth-order valence-electron chi connectivity index (χ4n) is 1.91. The van der Waals surface area contributed by atoms with Crippen LogP contribution in [0.25, 0.3) is 0 Å². The highest BCUT2D eigenvalue weighted by Gasteiger charge is 2.34. The highest BCUT2D eigenvalue weighted by molar-refractivity contribution is 5.72. The molecule has 13 heavy (non-hydrogen) atoms. The van der Waals surface area contributed by atoms with Crippen LogP contribution in [-0.2, 0) is 4.79 Å². The van der Waals surface area contributed by atoms with E-state index in [1.54, 1.807) is 6.92 Å². The van der Waals surface area contributed by atoms with Crippen molar-refractivity contribution in [1.29, 1.82) is 0 Å². The lowest BCUT2D eigenvalue weighted by atomic mass is 9.76. The molecule has 3 nitrogen and oxygen atoms in total. The summed E-state index contributed by atoms with van der Waals surface area (Å²) in [7, 11) is 0. The Bertz CT molecular complexity index is 191. The van der Waals surface area contributed by atoms with E-state index in [-0.39, 0.29) is 0 Å². The molecule has 1 N–H and O–H groups in total. The van der Waals surface area contributed by atoms with Gasteiger partial charge in [-0.05, 0) is 12.8 Å². The van der Waals surface area contributed by atoms with Gasteiger partial charge in [0.15, 0.2) is 0 Å². The molecule has 0 radical (unpaired) electrons. The van der Waals surface area contributed by atoms with E-state index in [4.69, 9.17) is 0 Å². The Morgan fingerprint density at radius 3 is 2.62 bits per heavy atom. The first-order valence-corrected chi connectivity index (χ1v) is 4.97. The molecule has 0 spiro atoms. The van der Waals surface area contributed by atoms with Crippen LogP contribution in [0.5, 0.6) is 0 Å². The normalized spacial score (nSPS) is 36.3. The van der Waals surface area contributed by atoms with Gasteiger partial charge in [-0.2, -0.15) is 0 Å². The molecule has 2 atom stereocenters. The number of carboxylic acid groups (broad SMARTS) is 1. The summed E-state index contributed by atoms with van der Waals surface area (Å²) in [6.07, 6.45) is 4.35. The molecule has 1 rings (SSSR count). The summed E-state index contributed by atoms with van der Waals surface area (Å²) in [4.78, 5) is 10.9. The van der Waals surface area contributed by atoms with Crippen molar-refractivity contribution in [3.05, 3.63) is 0 Å². The Hall–Kier alpha value is -0.570. The fourth-order valence-corrected chi connectivity index (χ4v) is 1.91. The van der Waals surface area contributed by atoms with Gasteiger partial charge in [-0.3, -0.25) is 0 Å². The molecule has 0 aromatic carbocycles. The number of carbonyl (C=O) groups is 1. The molecule has 0 aromatic rings. The molecular weight excluding hydrogens is 168 g/mol. The first-order chi connectivity index (χ1) is 6.07. The summed E-state index contributed by atoms with van der Waals surface area (Å²) in [5.74, 6) is -1.11. The molecule has 0 saturated heterocycles. The molecule has 0 heterocycles. The molecule has 0 aliphatic heterocycles. The van der Waals surface area contributed by atoms with E-state index in [2.05, 4.69) is 0 Å². The first-order valence-electron chi connectivity index (χ1n) is 4.97. The van der Waals surface area contributed by atoms with Crippen LogP contribution in [0.3, 0.4) is 0 Å². The third kappa shape index (κ3) is 2.21. The maximum atomic E-state index is 10.9. The van der Waals surface area contributed by atoms with Crippen LogP contribution in [0.2, 0.25) is 0 Å². The lowest BCUT2D eigenvalue weighted by molar-refractivity contribution is -0.323. The number of hydrogen-bond acceptors (Lipinski definition) is 3. The Balaban J connectivity index is 2.71. The van der Waals surface area contributed by atoms with Crippen molar-refractivity contribution >= 4 is 5.97 Å². The Kier molecular flexibility index (Phi) is 3.31. The highest BCUT2D eigenvalue weighted by Crippen LogP contribution is 2.33. The van der Waals surface area contributed by atoms with Gasteiger partial charge in [-0.15, -0.1) is 0 Å². The van der Waals surface area contributed by atoms with Crippen LogP contribution in [0.1, 0.15) is 45.4 Å². The topological polar surface area (TPSA) is 60.4 Å². The van der Waals surface area contributed by atoms with Gasteiger partial charge in [0.25, 0.3) is 0 Å². The van der Waals surface area contributed by atoms with Crippen molar-refractivity contribution in [1.82, 2.24) is 0 Å². The zero-order valence-electron chi connectivity index (χ0n) is 8.08. The summed E-state index contributed by atoms with van der Waals surface area (Å²) in [6, 6.07) is 0. The van der Waals surface area contributed by atoms with E-state index in [0.717, 1.165) is 25.7 Å². The van der Waals surface area contributed by atoms with Crippen molar-refractivity contribution in [2.75, 3.05) is 0 Å². The molecule has 0 aromatic heterocycles.